The number of nitrogens with zero attached hydrogens (tertiary/aromatic N) is 3. The van der Waals surface area contributed by atoms with E-state index in [-0.39, 0.29) is 5.41 Å². The molecule has 2 heterocycles. The van der Waals surface area contributed by atoms with Gasteiger partial charge in [0.25, 0.3) is 0 Å². The van der Waals surface area contributed by atoms with Crippen LogP contribution in [0.1, 0.15) is 36.7 Å². The van der Waals surface area contributed by atoms with Crippen molar-refractivity contribution in [3.63, 3.8) is 0 Å². The molecule has 2 aromatic rings. The van der Waals surface area contributed by atoms with Crippen molar-refractivity contribution in [2.45, 2.75) is 26.2 Å². The van der Waals surface area contributed by atoms with Crippen LogP contribution in [-0.2, 0) is 10.2 Å². The van der Waals surface area contributed by atoms with Crippen molar-refractivity contribution in [2.24, 2.45) is 5.92 Å². The molecule has 26 heavy (non-hydrogen) atoms. The van der Waals surface area contributed by atoms with Gasteiger partial charge in [0.05, 0.1) is 22.2 Å². The van der Waals surface area contributed by atoms with Gasteiger partial charge < -0.3 is 9.64 Å². The summed E-state index contributed by atoms with van der Waals surface area (Å²) in [5, 5.41) is 1.12. The van der Waals surface area contributed by atoms with E-state index >= 15 is 0 Å². The Labute approximate surface area is 163 Å². The number of hydrogen-bond donors (Lipinski definition) is 0. The Bertz CT molecular complexity index is 813. The van der Waals surface area contributed by atoms with E-state index in [1.807, 2.05) is 18.2 Å². The summed E-state index contributed by atoms with van der Waals surface area (Å²) in [6.45, 7) is 8.08. The number of carbonyl (C=O) groups is 1. The Kier molecular flexibility index (Phi) is 5.39. The molecule has 7 heteroatoms. The third-order valence-electron chi connectivity index (χ3n) is 5.11. The van der Waals surface area contributed by atoms with Crippen LogP contribution in [-0.4, -0.2) is 35.6 Å². The van der Waals surface area contributed by atoms with Crippen molar-refractivity contribution >= 4 is 35.1 Å². The highest BCUT2D eigenvalue weighted by atomic mass is 35.5. The minimum absolute atomic E-state index is 0.0998. The molecule has 0 amide bonds. The van der Waals surface area contributed by atoms with Gasteiger partial charge in [0, 0.05) is 30.9 Å². The fourth-order valence-electron chi connectivity index (χ4n) is 3.33. The van der Waals surface area contributed by atoms with E-state index in [4.69, 9.17) is 27.9 Å². The molecular weight excluding hydrogens is 373 g/mol. The van der Waals surface area contributed by atoms with Crippen LogP contribution in [0.2, 0.25) is 10.0 Å². The normalized spacial score (nSPS) is 22.5. The molecule has 1 saturated heterocycles. The molecular formula is C19H21Cl2N3O2. The summed E-state index contributed by atoms with van der Waals surface area (Å²) in [7, 11) is 0. The third kappa shape index (κ3) is 3.51. The van der Waals surface area contributed by atoms with Crippen LogP contribution in [0.5, 0.6) is 0 Å². The maximum absolute atomic E-state index is 11.7. The van der Waals surface area contributed by atoms with E-state index in [0.29, 0.717) is 34.1 Å². The zero-order valence-corrected chi connectivity index (χ0v) is 16.5. The molecule has 5 nitrogen and oxygen atoms in total. The van der Waals surface area contributed by atoms with Crippen LogP contribution in [0, 0.1) is 5.92 Å². The van der Waals surface area contributed by atoms with Crippen molar-refractivity contribution in [3.8, 4) is 0 Å². The summed E-state index contributed by atoms with van der Waals surface area (Å²) in [5.74, 6) is 0.566. The lowest BCUT2D eigenvalue weighted by molar-refractivity contribution is 0.0525. The lowest BCUT2D eigenvalue weighted by Crippen LogP contribution is -2.31. The maximum atomic E-state index is 11.7. The van der Waals surface area contributed by atoms with Crippen LogP contribution in [0.15, 0.2) is 30.6 Å². The van der Waals surface area contributed by atoms with Gasteiger partial charge in [0.15, 0.2) is 0 Å². The molecule has 0 N–H and O–H groups in total. The summed E-state index contributed by atoms with van der Waals surface area (Å²) in [4.78, 5) is 22.6. The highest BCUT2D eigenvalue weighted by Gasteiger charge is 2.42. The molecule has 1 fully saturated rings. The topological polar surface area (TPSA) is 55.3 Å². The van der Waals surface area contributed by atoms with Gasteiger partial charge in [-0.15, -0.1) is 0 Å². The number of aromatic nitrogens is 2. The summed E-state index contributed by atoms with van der Waals surface area (Å²) in [6, 6.07) is 5.80. The van der Waals surface area contributed by atoms with Crippen molar-refractivity contribution in [3.05, 3.63) is 51.8 Å². The number of ether oxygens (including phenoxy) is 1. The summed E-state index contributed by atoms with van der Waals surface area (Å²) < 4.78 is 4.97. The average Bonchev–Trinajstić information content (AvgIpc) is 2.94. The molecule has 1 aliphatic heterocycles. The van der Waals surface area contributed by atoms with Gasteiger partial charge in [-0.25, -0.2) is 14.8 Å². The Hall–Kier alpha value is -1.85. The molecule has 2 atom stereocenters. The maximum Gasteiger partial charge on any atom is 0.341 e. The number of rotatable bonds is 4. The number of benzene rings is 1. The van der Waals surface area contributed by atoms with E-state index in [2.05, 4.69) is 28.7 Å². The number of esters is 1. The fourth-order valence-corrected chi connectivity index (χ4v) is 3.63. The van der Waals surface area contributed by atoms with Crippen LogP contribution in [0.4, 0.5) is 5.95 Å². The Balaban J connectivity index is 1.81. The van der Waals surface area contributed by atoms with Gasteiger partial charge in [-0.05, 0) is 30.5 Å². The minimum atomic E-state index is -0.408. The molecule has 0 radical (unpaired) electrons. The summed E-state index contributed by atoms with van der Waals surface area (Å²) in [5.41, 5.74) is 1.40. The number of anilines is 1. The monoisotopic (exact) mass is 393 g/mol. The van der Waals surface area contributed by atoms with Gasteiger partial charge in [0.1, 0.15) is 0 Å². The highest BCUT2D eigenvalue weighted by molar-refractivity contribution is 6.42. The van der Waals surface area contributed by atoms with E-state index < -0.39 is 5.97 Å². The molecule has 1 aromatic heterocycles. The van der Waals surface area contributed by atoms with E-state index in [0.717, 1.165) is 18.7 Å². The third-order valence-corrected chi connectivity index (χ3v) is 5.85. The van der Waals surface area contributed by atoms with Crippen LogP contribution in [0.3, 0.4) is 0 Å². The molecule has 0 unspecified atom stereocenters. The first kappa shape index (κ1) is 18.9. The number of hydrogen-bond acceptors (Lipinski definition) is 5. The molecule has 3 rings (SSSR count). The van der Waals surface area contributed by atoms with Gasteiger partial charge in [0.2, 0.25) is 5.95 Å². The lowest BCUT2D eigenvalue weighted by atomic mass is 9.75. The smallest absolute Gasteiger partial charge is 0.341 e. The largest absolute Gasteiger partial charge is 0.462 e. The lowest BCUT2D eigenvalue weighted by Gasteiger charge is -2.29. The summed E-state index contributed by atoms with van der Waals surface area (Å²) >= 11 is 12.3. The predicted octanol–water partition coefficient (Wildman–Crippen LogP) is 4.37. The Morgan fingerprint density at radius 3 is 2.62 bits per heavy atom. The molecule has 1 aliphatic rings. The van der Waals surface area contributed by atoms with E-state index in [1.165, 1.54) is 12.4 Å². The van der Waals surface area contributed by atoms with Crippen LogP contribution in [0.25, 0.3) is 0 Å². The summed E-state index contributed by atoms with van der Waals surface area (Å²) in [6.07, 6.45) is 3.03. The van der Waals surface area contributed by atoms with Crippen LogP contribution >= 0.6 is 23.2 Å². The standard InChI is InChI=1S/C19H21Cl2N3O2/c1-4-26-17(25)13-8-22-18(23-9-13)24-10-12(2)19(3,11-24)14-5-6-15(20)16(21)7-14/h5-9,12H,4,10-11H2,1-3H3/t12-,19-/m1/s1. The van der Waals surface area contributed by atoms with Gasteiger partial charge in [-0.2, -0.15) is 0 Å². The van der Waals surface area contributed by atoms with Gasteiger partial charge in [-0.3, -0.25) is 0 Å². The van der Waals surface area contributed by atoms with Gasteiger partial charge >= 0.3 is 5.97 Å². The molecule has 1 aromatic carbocycles. The molecule has 0 bridgehead atoms. The van der Waals surface area contributed by atoms with E-state index in [9.17, 15) is 4.79 Å². The van der Waals surface area contributed by atoms with Crippen molar-refractivity contribution in [1.29, 1.82) is 0 Å². The van der Waals surface area contributed by atoms with Crippen molar-refractivity contribution < 1.29 is 9.53 Å². The minimum Gasteiger partial charge on any atom is -0.462 e. The van der Waals surface area contributed by atoms with Crippen LogP contribution < -0.4 is 4.90 Å². The first-order valence-corrected chi connectivity index (χ1v) is 9.30. The first-order valence-electron chi connectivity index (χ1n) is 8.54. The van der Waals surface area contributed by atoms with E-state index in [1.54, 1.807) is 6.92 Å². The zero-order valence-electron chi connectivity index (χ0n) is 15.0. The zero-order chi connectivity index (χ0) is 18.9. The molecule has 0 saturated carbocycles. The molecule has 0 aliphatic carbocycles. The number of halogens is 2. The highest BCUT2D eigenvalue weighted by Crippen LogP contribution is 2.41. The molecule has 0 spiro atoms. The Morgan fingerprint density at radius 2 is 2.00 bits per heavy atom. The predicted molar refractivity (Wildman–Crippen MR) is 103 cm³/mol. The second kappa shape index (κ2) is 7.41. The average molecular weight is 394 g/mol. The second-order valence-electron chi connectivity index (χ2n) is 6.82. The SMILES string of the molecule is CCOC(=O)c1cnc(N2C[C@@H](C)[C@](C)(c3ccc(Cl)c(Cl)c3)C2)nc1. The quantitative estimate of drug-likeness (QED) is 0.721. The fraction of sp³-hybridized carbons (Fsp3) is 0.421. The first-order chi connectivity index (χ1) is 12.3. The molecule has 138 valence electrons. The number of carbonyl (C=O) groups excluding carboxylic acids is 1. The Morgan fingerprint density at radius 1 is 1.31 bits per heavy atom. The van der Waals surface area contributed by atoms with Crippen molar-refractivity contribution in [1.82, 2.24) is 9.97 Å². The second-order valence-corrected chi connectivity index (χ2v) is 7.63. The van der Waals surface area contributed by atoms with Crippen molar-refractivity contribution in [2.75, 3.05) is 24.6 Å². The van der Waals surface area contributed by atoms with Gasteiger partial charge in [-0.1, -0.05) is 43.1 Å².